The molecular weight excluding hydrogens is 420 g/mol. The van der Waals surface area contributed by atoms with Crippen LogP contribution in [0.15, 0.2) is 42.6 Å². The second-order valence-corrected chi connectivity index (χ2v) is 8.58. The number of esters is 1. The summed E-state index contributed by atoms with van der Waals surface area (Å²) < 4.78 is 6.88. The lowest BCUT2D eigenvalue weighted by Gasteiger charge is -2.14. The van der Waals surface area contributed by atoms with E-state index in [1.165, 1.54) is 7.11 Å². The number of fused-ring (bicyclic) bond motifs is 1. The maximum atomic E-state index is 12.9. The average Bonchev–Trinajstić information content (AvgIpc) is 3.05. The molecule has 0 unspecified atom stereocenters. The van der Waals surface area contributed by atoms with Crippen molar-refractivity contribution in [1.82, 2.24) is 9.55 Å². The zero-order chi connectivity index (χ0) is 24.0. The van der Waals surface area contributed by atoms with E-state index in [2.05, 4.69) is 15.6 Å². The van der Waals surface area contributed by atoms with Gasteiger partial charge in [-0.25, -0.2) is 9.78 Å². The summed E-state index contributed by atoms with van der Waals surface area (Å²) in [6, 6.07) is 11.3. The van der Waals surface area contributed by atoms with E-state index in [-0.39, 0.29) is 36.6 Å². The van der Waals surface area contributed by atoms with Crippen molar-refractivity contribution < 1.29 is 19.4 Å². The lowest BCUT2D eigenvalue weighted by atomic mass is 10.1. The summed E-state index contributed by atoms with van der Waals surface area (Å²) >= 11 is 0. The van der Waals surface area contributed by atoms with E-state index < -0.39 is 5.97 Å². The molecule has 3 N–H and O–H groups in total. The molecule has 0 saturated heterocycles. The van der Waals surface area contributed by atoms with Gasteiger partial charge in [-0.1, -0.05) is 44.2 Å². The molecular formula is C25H32N4O4. The largest absolute Gasteiger partial charge is 0.464 e. The number of rotatable bonds is 10. The van der Waals surface area contributed by atoms with Crippen molar-refractivity contribution in [2.45, 2.75) is 46.2 Å². The van der Waals surface area contributed by atoms with E-state index >= 15 is 0 Å². The monoisotopic (exact) mass is 452 g/mol. The van der Waals surface area contributed by atoms with Crippen LogP contribution in [0, 0.1) is 5.92 Å². The fraction of sp³-hybridized carbons (Fsp3) is 0.400. The Morgan fingerprint density at radius 1 is 1.18 bits per heavy atom. The number of aliphatic hydroxyl groups excluding tert-OH is 1. The van der Waals surface area contributed by atoms with E-state index in [1.54, 1.807) is 6.20 Å². The summed E-state index contributed by atoms with van der Waals surface area (Å²) in [5.74, 6) is -0.533. The highest BCUT2D eigenvalue weighted by atomic mass is 16.5. The molecule has 0 aliphatic carbocycles. The molecule has 0 spiro atoms. The van der Waals surface area contributed by atoms with Crippen LogP contribution in [0.2, 0.25) is 0 Å². The van der Waals surface area contributed by atoms with Gasteiger partial charge in [0.25, 0.3) is 0 Å². The van der Waals surface area contributed by atoms with Gasteiger partial charge >= 0.3 is 5.97 Å². The zero-order valence-electron chi connectivity index (χ0n) is 19.6. The number of anilines is 2. The lowest BCUT2D eigenvalue weighted by molar-refractivity contribution is -0.115. The number of methoxy groups -OCH3 is 1. The first-order chi connectivity index (χ1) is 15.8. The molecule has 8 nitrogen and oxygen atoms in total. The van der Waals surface area contributed by atoms with Crippen LogP contribution in [0.25, 0.3) is 11.0 Å². The summed E-state index contributed by atoms with van der Waals surface area (Å²) in [5, 5.41) is 16.1. The molecule has 0 aliphatic heterocycles. The van der Waals surface area contributed by atoms with Gasteiger partial charge in [0.05, 0.1) is 31.1 Å². The molecule has 8 heteroatoms. The third kappa shape index (κ3) is 5.90. The number of aliphatic hydroxyl groups is 1. The maximum Gasteiger partial charge on any atom is 0.356 e. The molecule has 0 aliphatic rings. The van der Waals surface area contributed by atoms with Crippen molar-refractivity contribution in [3.05, 3.63) is 53.9 Å². The fourth-order valence-corrected chi connectivity index (χ4v) is 3.80. The summed E-state index contributed by atoms with van der Waals surface area (Å²) in [7, 11) is 1.33. The molecule has 1 aromatic carbocycles. The number of hydrogen-bond donors (Lipinski definition) is 3. The number of benzene rings is 1. The van der Waals surface area contributed by atoms with Gasteiger partial charge < -0.3 is 25.0 Å². The van der Waals surface area contributed by atoms with Crippen LogP contribution in [0.3, 0.4) is 0 Å². The summed E-state index contributed by atoms with van der Waals surface area (Å²) in [4.78, 5) is 30.4. The minimum absolute atomic E-state index is 0.0307. The normalized spacial score (nSPS) is 12.1. The second-order valence-electron chi connectivity index (χ2n) is 8.58. The zero-order valence-corrected chi connectivity index (χ0v) is 19.6. The molecule has 176 valence electrons. The number of nitrogens with zero attached hydrogens (tertiary/aromatic N) is 2. The Kier molecular flexibility index (Phi) is 8.06. The third-order valence-corrected chi connectivity index (χ3v) is 5.27. The van der Waals surface area contributed by atoms with Gasteiger partial charge in [-0.3, -0.25) is 4.79 Å². The van der Waals surface area contributed by atoms with Crippen LogP contribution in [0.5, 0.6) is 0 Å². The smallest absolute Gasteiger partial charge is 0.356 e. The number of carbonyl (C=O) groups excluding carboxylic acids is 2. The van der Waals surface area contributed by atoms with Crippen LogP contribution in [0.4, 0.5) is 11.4 Å². The molecule has 33 heavy (non-hydrogen) atoms. The van der Waals surface area contributed by atoms with E-state index in [0.717, 1.165) is 11.3 Å². The highest BCUT2D eigenvalue weighted by Crippen LogP contribution is 2.33. The van der Waals surface area contributed by atoms with Crippen molar-refractivity contribution in [3.8, 4) is 0 Å². The predicted molar refractivity (Wildman–Crippen MR) is 129 cm³/mol. The summed E-state index contributed by atoms with van der Waals surface area (Å²) in [6.45, 7) is 6.67. The van der Waals surface area contributed by atoms with Gasteiger partial charge in [0, 0.05) is 24.6 Å². The highest BCUT2D eigenvalue weighted by Gasteiger charge is 2.26. The summed E-state index contributed by atoms with van der Waals surface area (Å²) in [5.41, 5.74) is 2.87. The molecule has 3 rings (SSSR count). The van der Waals surface area contributed by atoms with Gasteiger partial charge in [0.15, 0.2) is 5.69 Å². The Bertz CT molecular complexity index is 1110. The topological polar surface area (TPSA) is 105 Å². The standard InChI is InChI=1S/C25H32N4O4/c1-16(2)15-29-23(25(32)33-4)22(28-21(31)12-18-8-6-5-7-9-18)20-13-19(14-26-24(20)29)27-17(3)10-11-30/h5-9,13-14,16-17,27,30H,10-12,15H2,1-4H3,(H,28,31)/t17-/m0/s1. The molecule has 2 aromatic heterocycles. The van der Waals surface area contributed by atoms with Crippen LogP contribution < -0.4 is 10.6 Å². The van der Waals surface area contributed by atoms with Crippen molar-refractivity contribution in [2.24, 2.45) is 5.92 Å². The predicted octanol–water partition coefficient (Wildman–Crippen LogP) is 3.84. The highest BCUT2D eigenvalue weighted by molar-refractivity contribution is 6.11. The Labute approximate surface area is 194 Å². The first kappa shape index (κ1) is 24.3. The Balaban J connectivity index is 2.09. The van der Waals surface area contributed by atoms with Crippen molar-refractivity contribution in [3.63, 3.8) is 0 Å². The molecule has 1 atom stereocenters. The molecule has 3 aromatic rings. The number of pyridine rings is 1. The van der Waals surface area contributed by atoms with Gasteiger partial charge in [0.1, 0.15) is 5.65 Å². The number of hydrogen-bond acceptors (Lipinski definition) is 6. The quantitative estimate of drug-likeness (QED) is 0.404. The third-order valence-electron chi connectivity index (χ3n) is 5.27. The number of nitrogens with one attached hydrogen (secondary N) is 2. The maximum absolute atomic E-state index is 12.9. The van der Waals surface area contributed by atoms with Crippen LogP contribution in [-0.4, -0.2) is 46.3 Å². The van der Waals surface area contributed by atoms with Gasteiger partial charge in [-0.05, 0) is 30.9 Å². The Morgan fingerprint density at radius 2 is 1.91 bits per heavy atom. The molecule has 0 saturated carbocycles. The lowest BCUT2D eigenvalue weighted by Crippen LogP contribution is -2.19. The second kappa shape index (κ2) is 11.0. The minimum Gasteiger partial charge on any atom is -0.464 e. The average molecular weight is 453 g/mol. The molecule has 0 bridgehead atoms. The molecule has 0 radical (unpaired) electrons. The fourth-order valence-electron chi connectivity index (χ4n) is 3.80. The van der Waals surface area contributed by atoms with Crippen molar-refractivity contribution in [1.29, 1.82) is 0 Å². The Morgan fingerprint density at radius 3 is 2.55 bits per heavy atom. The molecule has 2 heterocycles. The summed E-state index contributed by atoms with van der Waals surface area (Å²) in [6.07, 6.45) is 2.46. The van der Waals surface area contributed by atoms with E-state index in [9.17, 15) is 14.7 Å². The SMILES string of the molecule is COC(=O)c1c(NC(=O)Cc2ccccc2)c2cc(N[C@@H](C)CCO)cnc2n1CC(C)C. The van der Waals surface area contributed by atoms with Crippen LogP contribution in [-0.2, 0) is 22.5 Å². The van der Waals surface area contributed by atoms with Crippen LogP contribution in [0.1, 0.15) is 43.2 Å². The first-order valence-electron chi connectivity index (χ1n) is 11.2. The first-order valence-corrected chi connectivity index (χ1v) is 11.2. The van der Waals surface area contributed by atoms with Gasteiger partial charge in [-0.2, -0.15) is 0 Å². The minimum atomic E-state index is -0.535. The van der Waals surface area contributed by atoms with E-state index in [4.69, 9.17) is 4.74 Å². The molecule has 0 fully saturated rings. The van der Waals surface area contributed by atoms with Crippen molar-refractivity contribution in [2.75, 3.05) is 24.4 Å². The van der Waals surface area contributed by atoms with Crippen molar-refractivity contribution >= 4 is 34.3 Å². The van der Waals surface area contributed by atoms with Crippen LogP contribution >= 0.6 is 0 Å². The number of amides is 1. The molecule has 1 amide bonds. The van der Waals surface area contributed by atoms with E-state index in [0.29, 0.717) is 29.7 Å². The van der Waals surface area contributed by atoms with Gasteiger partial charge in [-0.15, -0.1) is 0 Å². The number of aromatic nitrogens is 2. The Hall–Kier alpha value is -3.39. The van der Waals surface area contributed by atoms with Gasteiger partial charge in [0.2, 0.25) is 5.91 Å². The number of carbonyl (C=O) groups is 2. The van der Waals surface area contributed by atoms with E-state index in [1.807, 2.05) is 61.7 Å². The number of ether oxygens (including phenoxy) is 1.